The molecule has 1 nitrogen and oxygen atoms in total. The van der Waals surface area contributed by atoms with Crippen LogP contribution in [0.5, 0.6) is 0 Å². The third-order valence-electron chi connectivity index (χ3n) is 2.50. The Balaban J connectivity index is 2.68. The monoisotopic (exact) mass is 231 g/mol. The van der Waals surface area contributed by atoms with E-state index in [0.717, 1.165) is 5.56 Å². The molecule has 0 aliphatic carbocycles. The van der Waals surface area contributed by atoms with Crippen LogP contribution in [-0.4, -0.2) is 12.5 Å². The van der Waals surface area contributed by atoms with Crippen LogP contribution in [0, 0.1) is 19.7 Å². The van der Waals surface area contributed by atoms with E-state index in [1.807, 2.05) is 0 Å². The number of alkyl halides is 2. The van der Waals surface area contributed by atoms with Crippen LogP contribution in [0.15, 0.2) is 12.1 Å². The molecule has 1 aromatic rings. The van der Waals surface area contributed by atoms with Crippen LogP contribution < -0.4 is 5.32 Å². The molecule has 1 unspecified atom stereocenters. The molecule has 1 aromatic carbocycles. The minimum Gasteiger partial charge on any atom is -0.305 e. The van der Waals surface area contributed by atoms with E-state index in [0.29, 0.717) is 17.7 Å². The Morgan fingerprint density at radius 3 is 2.12 bits per heavy atom. The van der Waals surface area contributed by atoms with Gasteiger partial charge >= 0.3 is 0 Å². The Kier molecular flexibility index (Phi) is 4.35. The third-order valence-corrected chi connectivity index (χ3v) is 2.50. The number of nitrogens with one attached hydrogen (secondary N) is 1. The quantitative estimate of drug-likeness (QED) is 0.839. The van der Waals surface area contributed by atoms with E-state index in [9.17, 15) is 13.2 Å². The minimum absolute atomic E-state index is 0.231. The van der Waals surface area contributed by atoms with Crippen molar-refractivity contribution in [2.24, 2.45) is 0 Å². The predicted octanol–water partition coefficient (Wildman–Crippen LogP) is 3.19. The lowest BCUT2D eigenvalue weighted by Crippen LogP contribution is -2.32. The van der Waals surface area contributed by atoms with Gasteiger partial charge in [0.15, 0.2) is 0 Å². The topological polar surface area (TPSA) is 12.0 Å². The zero-order valence-corrected chi connectivity index (χ0v) is 9.65. The van der Waals surface area contributed by atoms with Crippen LogP contribution >= 0.6 is 0 Å². The Hall–Kier alpha value is -1.03. The fourth-order valence-electron chi connectivity index (χ4n) is 1.51. The highest BCUT2D eigenvalue weighted by molar-refractivity contribution is 5.30. The number of rotatable bonds is 4. The Labute approximate surface area is 93.7 Å². The second-order valence-electron chi connectivity index (χ2n) is 4.05. The van der Waals surface area contributed by atoms with Crippen LogP contribution in [0.1, 0.15) is 23.6 Å². The van der Waals surface area contributed by atoms with Crippen molar-refractivity contribution in [1.29, 1.82) is 0 Å². The lowest BCUT2D eigenvalue weighted by Gasteiger charge is -2.13. The molecule has 0 radical (unpaired) electrons. The Morgan fingerprint density at radius 1 is 1.19 bits per heavy atom. The summed E-state index contributed by atoms with van der Waals surface area (Å²) in [7, 11) is 0. The summed E-state index contributed by atoms with van der Waals surface area (Å²) in [5.41, 5.74) is 1.91. The Morgan fingerprint density at radius 2 is 1.69 bits per heavy atom. The maximum atomic E-state index is 13.3. The highest BCUT2D eigenvalue weighted by Gasteiger charge is 2.13. The fraction of sp³-hybridized carbons (Fsp3) is 0.500. The molecule has 90 valence electrons. The maximum absolute atomic E-state index is 13.3. The number of halogens is 3. The lowest BCUT2D eigenvalue weighted by molar-refractivity contribution is 0.105. The summed E-state index contributed by atoms with van der Waals surface area (Å²) in [5.74, 6) is -0.231. The van der Waals surface area contributed by atoms with E-state index >= 15 is 0 Å². The van der Waals surface area contributed by atoms with Gasteiger partial charge in [0.25, 0.3) is 6.43 Å². The predicted molar refractivity (Wildman–Crippen MR) is 58.2 cm³/mol. The van der Waals surface area contributed by atoms with Crippen molar-refractivity contribution < 1.29 is 13.2 Å². The molecule has 1 N–H and O–H groups in total. The van der Waals surface area contributed by atoms with Gasteiger partial charge in [-0.1, -0.05) is 12.1 Å². The van der Waals surface area contributed by atoms with E-state index < -0.39 is 12.5 Å². The highest BCUT2D eigenvalue weighted by atomic mass is 19.3. The molecule has 0 aromatic heterocycles. The largest absolute Gasteiger partial charge is 0.305 e. The summed E-state index contributed by atoms with van der Waals surface area (Å²) in [6.45, 7) is 5.09. The van der Waals surface area contributed by atoms with Crippen LogP contribution in [0.2, 0.25) is 0 Å². The van der Waals surface area contributed by atoms with Gasteiger partial charge in [-0.15, -0.1) is 0 Å². The standard InChI is InChI=1S/C12H16F3N/c1-7-4-10(5-8(2)11(7)13)6-16-9(3)12(14)15/h4-5,9,12,16H,6H2,1-3H3. The molecule has 0 amide bonds. The van der Waals surface area contributed by atoms with E-state index in [1.165, 1.54) is 6.92 Å². The van der Waals surface area contributed by atoms with E-state index in [-0.39, 0.29) is 5.82 Å². The van der Waals surface area contributed by atoms with Crippen LogP contribution in [0.3, 0.4) is 0 Å². The number of benzene rings is 1. The summed E-state index contributed by atoms with van der Waals surface area (Å²) in [6, 6.07) is 2.49. The van der Waals surface area contributed by atoms with E-state index in [2.05, 4.69) is 5.32 Å². The molecular formula is C12H16F3N. The van der Waals surface area contributed by atoms with Crippen LogP contribution in [0.4, 0.5) is 13.2 Å². The van der Waals surface area contributed by atoms with E-state index in [1.54, 1.807) is 26.0 Å². The second-order valence-corrected chi connectivity index (χ2v) is 4.05. The van der Waals surface area contributed by atoms with Crippen molar-refractivity contribution in [1.82, 2.24) is 5.32 Å². The van der Waals surface area contributed by atoms with Gasteiger partial charge in [0.2, 0.25) is 0 Å². The molecule has 1 rings (SSSR count). The smallest absolute Gasteiger partial charge is 0.253 e. The SMILES string of the molecule is Cc1cc(CNC(C)C(F)F)cc(C)c1F. The van der Waals surface area contributed by atoms with Crippen molar-refractivity contribution in [3.8, 4) is 0 Å². The molecule has 4 heteroatoms. The molecule has 0 spiro atoms. The van der Waals surface area contributed by atoms with Crippen molar-refractivity contribution in [3.63, 3.8) is 0 Å². The highest BCUT2D eigenvalue weighted by Crippen LogP contribution is 2.15. The molecule has 0 aliphatic rings. The molecule has 0 aliphatic heterocycles. The van der Waals surface area contributed by atoms with Crippen LogP contribution in [0.25, 0.3) is 0 Å². The first-order valence-electron chi connectivity index (χ1n) is 5.19. The maximum Gasteiger partial charge on any atom is 0.253 e. The number of hydrogen-bond donors (Lipinski definition) is 1. The molecular weight excluding hydrogens is 215 g/mol. The van der Waals surface area contributed by atoms with Gasteiger partial charge < -0.3 is 5.32 Å². The number of hydrogen-bond acceptors (Lipinski definition) is 1. The van der Waals surface area contributed by atoms with Crippen LogP contribution in [-0.2, 0) is 6.54 Å². The van der Waals surface area contributed by atoms with Crippen molar-refractivity contribution in [2.45, 2.75) is 39.8 Å². The molecule has 0 saturated heterocycles. The summed E-state index contributed by atoms with van der Waals surface area (Å²) in [4.78, 5) is 0. The van der Waals surface area contributed by atoms with Gasteiger partial charge in [-0.05, 0) is 37.5 Å². The van der Waals surface area contributed by atoms with Gasteiger partial charge in [-0.2, -0.15) is 0 Å². The second kappa shape index (κ2) is 5.34. The fourth-order valence-corrected chi connectivity index (χ4v) is 1.51. The lowest BCUT2D eigenvalue weighted by atomic mass is 10.1. The normalized spacial score (nSPS) is 13.2. The minimum atomic E-state index is -2.39. The van der Waals surface area contributed by atoms with Crippen molar-refractivity contribution in [2.75, 3.05) is 0 Å². The zero-order valence-electron chi connectivity index (χ0n) is 9.65. The number of aryl methyl sites for hydroxylation is 2. The molecule has 0 saturated carbocycles. The van der Waals surface area contributed by atoms with Gasteiger partial charge in [0, 0.05) is 6.54 Å². The average Bonchev–Trinajstić information content (AvgIpc) is 2.22. The first kappa shape index (κ1) is 13.0. The average molecular weight is 231 g/mol. The molecule has 16 heavy (non-hydrogen) atoms. The molecule has 0 heterocycles. The molecule has 1 atom stereocenters. The third kappa shape index (κ3) is 3.23. The van der Waals surface area contributed by atoms with Crippen molar-refractivity contribution in [3.05, 3.63) is 34.6 Å². The first-order valence-corrected chi connectivity index (χ1v) is 5.19. The Bertz CT molecular complexity index is 340. The van der Waals surface area contributed by atoms with Gasteiger partial charge in [-0.25, -0.2) is 13.2 Å². The first-order chi connectivity index (χ1) is 7.41. The molecule has 0 bridgehead atoms. The van der Waals surface area contributed by atoms with Gasteiger partial charge in [0.1, 0.15) is 5.82 Å². The summed E-state index contributed by atoms with van der Waals surface area (Å²) < 4.78 is 37.8. The zero-order chi connectivity index (χ0) is 12.3. The molecule has 0 fully saturated rings. The summed E-state index contributed by atoms with van der Waals surface area (Å²) >= 11 is 0. The summed E-state index contributed by atoms with van der Waals surface area (Å²) in [5, 5.41) is 2.70. The van der Waals surface area contributed by atoms with Gasteiger partial charge in [0.05, 0.1) is 6.04 Å². The van der Waals surface area contributed by atoms with E-state index in [4.69, 9.17) is 0 Å². The van der Waals surface area contributed by atoms with Crippen molar-refractivity contribution >= 4 is 0 Å². The van der Waals surface area contributed by atoms with Gasteiger partial charge in [-0.3, -0.25) is 0 Å². The summed E-state index contributed by atoms with van der Waals surface area (Å²) in [6.07, 6.45) is -2.39.